The predicted octanol–water partition coefficient (Wildman–Crippen LogP) is 2.14. The van der Waals surface area contributed by atoms with Crippen molar-refractivity contribution >= 4 is 11.6 Å². The predicted molar refractivity (Wildman–Crippen MR) is 55.5 cm³/mol. The van der Waals surface area contributed by atoms with Crippen molar-refractivity contribution in [1.29, 1.82) is 0 Å². The molecule has 1 aromatic carbocycles. The minimum Gasteiger partial charge on any atom is -0.454 e. The smallest absolute Gasteiger partial charge is 0.231 e. The maximum absolute atomic E-state index is 9.88. The molecule has 0 unspecified atom stereocenters. The van der Waals surface area contributed by atoms with E-state index in [0.29, 0.717) is 17.2 Å². The van der Waals surface area contributed by atoms with Gasteiger partial charge in [0.05, 0.1) is 5.60 Å². The zero-order chi connectivity index (χ0) is 10.5. The van der Waals surface area contributed by atoms with Crippen molar-refractivity contribution in [2.75, 3.05) is 6.79 Å². The molecule has 15 heavy (non-hydrogen) atoms. The molecule has 0 spiro atoms. The lowest BCUT2D eigenvalue weighted by Crippen LogP contribution is -2.11. The molecule has 1 aliphatic heterocycles. The van der Waals surface area contributed by atoms with Gasteiger partial charge in [0.1, 0.15) is 0 Å². The highest BCUT2D eigenvalue weighted by Gasteiger charge is 2.42. The third-order valence-corrected chi connectivity index (χ3v) is 3.27. The van der Waals surface area contributed by atoms with Crippen LogP contribution < -0.4 is 9.47 Å². The second-order valence-corrected chi connectivity index (χ2v) is 4.57. The van der Waals surface area contributed by atoms with E-state index in [2.05, 4.69) is 0 Å². The van der Waals surface area contributed by atoms with Crippen molar-refractivity contribution in [2.45, 2.75) is 24.9 Å². The van der Waals surface area contributed by atoms with Crippen molar-refractivity contribution in [1.82, 2.24) is 0 Å². The number of benzene rings is 1. The van der Waals surface area contributed by atoms with E-state index < -0.39 is 5.60 Å². The van der Waals surface area contributed by atoms with E-state index in [-0.39, 0.29) is 6.79 Å². The van der Waals surface area contributed by atoms with Crippen LogP contribution in [0.1, 0.15) is 18.4 Å². The average molecular weight is 227 g/mol. The van der Waals surface area contributed by atoms with Crippen LogP contribution in [-0.4, -0.2) is 17.5 Å². The number of aliphatic hydroxyl groups is 1. The van der Waals surface area contributed by atoms with Gasteiger partial charge in [0.15, 0.2) is 11.5 Å². The van der Waals surface area contributed by atoms with E-state index in [1.165, 1.54) is 0 Å². The molecule has 0 radical (unpaired) electrons. The van der Waals surface area contributed by atoms with Crippen LogP contribution in [-0.2, 0) is 6.42 Å². The van der Waals surface area contributed by atoms with Crippen LogP contribution in [0.3, 0.4) is 0 Å². The largest absolute Gasteiger partial charge is 0.454 e. The fraction of sp³-hybridized carbons (Fsp3) is 0.455. The van der Waals surface area contributed by atoms with Crippen molar-refractivity contribution in [3.63, 3.8) is 0 Å². The molecule has 4 heteroatoms. The third-order valence-electron chi connectivity index (χ3n) is 2.92. The molecular formula is C11H11ClO3. The lowest BCUT2D eigenvalue weighted by atomic mass is 10.0. The van der Waals surface area contributed by atoms with Crippen molar-refractivity contribution < 1.29 is 14.6 Å². The summed E-state index contributed by atoms with van der Waals surface area (Å²) in [6, 6.07) is 3.58. The Bertz CT molecular complexity index is 413. The van der Waals surface area contributed by atoms with Crippen LogP contribution in [0.5, 0.6) is 11.5 Å². The lowest BCUT2D eigenvalue weighted by molar-refractivity contribution is 0.147. The summed E-state index contributed by atoms with van der Waals surface area (Å²) in [5.74, 6) is 1.42. The summed E-state index contributed by atoms with van der Waals surface area (Å²) in [7, 11) is 0. The molecule has 1 saturated carbocycles. The molecule has 1 N–H and O–H groups in total. The first kappa shape index (κ1) is 9.31. The number of halogens is 1. The van der Waals surface area contributed by atoms with Crippen LogP contribution in [0, 0.1) is 0 Å². The van der Waals surface area contributed by atoms with Gasteiger partial charge in [-0.05, 0) is 25.0 Å². The number of hydrogen-bond donors (Lipinski definition) is 1. The topological polar surface area (TPSA) is 38.7 Å². The second-order valence-electron chi connectivity index (χ2n) is 4.16. The Kier molecular flexibility index (Phi) is 1.88. The number of hydrogen-bond acceptors (Lipinski definition) is 3. The van der Waals surface area contributed by atoms with E-state index in [0.717, 1.165) is 24.2 Å². The van der Waals surface area contributed by atoms with Crippen LogP contribution >= 0.6 is 11.6 Å². The molecule has 1 aliphatic carbocycles. The minimum atomic E-state index is -0.565. The van der Waals surface area contributed by atoms with Gasteiger partial charge in [-0.3, -0.25) is 0 Å². The molecule has 1 fully saturated rings. The van der Waals surface area contributed by atoms with Gasteiger partial charge in [-0.1, -0.05) is 11.6 Å². The van der Waals surface area contributed by atoms with Crippen LogP contribution in [0.15, 0.2) is 12.1 Å². The first-order valence-corrected chi connectivity index (χ1v) is 5.35. The zero-order valence-electron chi connectivity index (χ0n) is 8.12. The fourth-order valence-electron chi connectivity index (χ4n) is 1.82. The molecular weight excluding hydrogens is 216 g/mol. The Balaban J connectivity index is 2.01. The van der Waals surface area contributed by atoms with Gasteiger partial charge < -0.3 is 14.6 Å². The van der Waals surface area contributed by atoms with Gasteiger partial charge in [-0.15, -0.1) is 0 Å². The summed E-state index contributed by atoms with van der Waals surface area (Å²) in [4.78, 5) is 0. The molecule has 3 nitrogen and oxygen atoms in total. The molecule has 0 atom stereocenters. The number of ether oxygens (including phenoxy) is 2. The van der Waals surface area contributed by atoms with Gasteiger partial charge in [0.25, 0.3) is 0 Å². The Labute approximate surface area is 92.6 Å². The van der Waals surface area contributed by atoms with Crippen LogP contribution in [0.25, 0.3) is 0 Å². The SMILES string of the molecule is OC1(Cc2c(Cl)ccc3c2OCO3)CC1. The Hall–Kier alpha value is -0.930. The summed E-state index contributed by atoms with van der Waals surface area (Å²) in [5.41, 5.74) is 0.303. The Morgan fingerprint density at radius 2 is 2.13 bits per heavy atom. The Morgan fingerprint density at radius 3 is 2.87 bits per heavy atom. The molecule has 2 aliphatic rings. The molecule has 0 bridgehead atoms. The maximum Gasteiger partial charge on any atom is 0.231 e. The average Bonchev–Trinajstić information content (AvgIpc) is 2.78. The monoisotopic (exact) mass is 226 g/mol. The van der Waals surface area contributed by atoms with Gasteiger partial charge >= 0.3 is 0 Å². The van der Waals surface area contributed by atoms with E-state index >= 15 is 0 Å². The first-order chi connectivity index (χ1) is 7.18. The Morgan fingerprint density at radius 1 is 1.33 bits per heavy atom. The van der Waals surface area contributed by atoms with Crippen molar-refractivity contribution in [3.05, 3.63) is 22.7 Å². The number of fused-ring (bicyclic) bond motifs is 1. The lowest BCUT2D eigenvalue weighted by Gasteiger charge is -2.11. The van der Waals surface area contributed by atoms with E-state index in [9.17, 15) is 5.11 Å². The van der Waals surface area contributed by atoms with Gasteiger partial charge in [-0.25, -0.2) is 0 Å². The van der Waals surface area contributed by atoms with Gasteiger partial charge in [-0.2, -0.15) is 0 Å². The highest BCUT2D eigenvalue weighted by molar-refractivity contribution is 6.31. The van der Waals surface area contributed by atoms with Gasteiger partial charge in [0, 0.05) is 17.0 Å². The summed E-state index contributed by atoms with van der Waals surface area (Å²) in [6.07, 6.45) is 2.24. The first-order valence-electron chi connectivity index (χ1n) is 4.97. The number of rotatable bonds is 2. The summed E-state index contributed by atoms with van der Waals surface area (Å²) in [5, 5.41) is 10.5. The molecule has 1 heterocycles. The van der Waals surface area contributed by atoms with E-state index in [4.69, 9.17) is 21.1 Å². The molecule has 0 aromatic heterocycles. The standard InChI is InChI=1S/C11H11ClO3/c12-8-1-2-9-10(15-6-14-9)7(8)5-11(13)3-4-11/h1-2,13H,3-6H2. The maximum atomic E-state index is 9.88. The second kappa shape index (κ2) is 3.03. The summed E-state index contributed by atoms with van der Waals surface area (Å²) in [6.45, 7) is 0.237. The van der Waals surface area contributed by atoms with Gasteiger partial charge in [0.2, 0.25) is 6.79 Å². The molecule has 1 aromatic rings. The normalized spacial score (nSPS) is 20.4. The molecule has 3 rings (SSSR count). The quantitative estimate of drug-likeness (QED) is 0.840. The highest BCUT2D eigenvalue weighted by Crippen LogP contribution is 2.46. The zero-order valence-corrected chi connectivity index (χ0v) is 8.88. The van der Waals surface area contributed by atoms with Crippen molar-refractivity contribution in [2.24, 2.45) is 0 Å². The van der Waals surface area contributed by atoms with E-state index in [1.54, 1.807) is 12.1 Å². The molecule has 80 valence electrons. The van der Waals surface area contributed by atoms with E-state index in [1.807, 2.05) is 0 Å². The van der Waals surface area contributed by atoms with Crippen molar-refractivity contribution in [3.8, 4) is 11.5 Å². The summed E-state index contributed by atoms with van der Waals surface area (Å²) < 4.78 is 10.6. The molecule has 0 amide bonds. The van der Waals surface area contributed by atoms with Crippen LogP contribution in [0.4, 0.5) is 0 Å². The molecule has 0 saturated heterocycles. The highest BCUT2D eigenvalue weighted by atomic mass is 35.5. The fourth-order valence-corrected chi connectivity index (χ4v) is 2.04. The van der Waals surface area contributed by atoms with Crippen LogP contribution in [0.2, 0.25) is 5.02 Å². The summed E-state index contributed by atoms with van der Waals surface area (Å²) >= 11 is 6.10. The third kappa shape index (κ3) is 1.56. The minimum absolute atomic E-state index is 0.237.